The van der Waals surface area contributed by atoms with E-state index in [0.717, 1.165) is 12.1 Å². The SMILES string of the molecule is CCN1CC2(C1)CN(C1CCN(CC)C(C)C1)C2. The summed E-state index contributed by atoms with van der Waals surface area (Å²) < 4.78 is 0. The van der Waals surface area contributed by atoms with Crippen LogP contribution in [0.3, 0.4) is 0 Å². The Balaban J connectivity index is 1.46. The zero-order valence-corrected chi connectivity index (χ0v) is 12.4. The second-order valence-corrected chi connectivity index (χ2v) is 6.86. The fourth-order valence-electron chi connectivity index (χ4n) is 4.40. The smallest absolute Gasteiger partial charge is 0.0212 e. The molecular weight excluding hydrogens is 222 g/mol. The quantitative estimate of drug-likeness (QED) is 0.752. The van der Waals surface area contributed by atoms with Crippen LogP contribution in [0.5, 0.6) is 0 Å². The van der Waals surface area contributed by atoms with E-state index in [2.05, 4.69) is 35.5 Å². The Kier molecular flexibility index (Phi) is 3.41. The molecule has 2 unspecified atom stereocenters. The van der Waals surface area contributed by atoms with Gasteiger partial charge < -0.3 is 9.80 Å². The van der Waals surface area contributed by atoms with Gasteiger partial charge >= 0.3 is 0 Å². The summed E-state index contributed by atoms with van der Waals surface area (Å²) >= 11 is 0. The summed E-state index contributed by atoms with van der Waals surface area (Å²) in [5, 5.41) is 0. The van der Waals surface area contributed by atoms with Crippen molar-refractivity contribution < 1.29 is 0 Å². The van der Waals surface area contributed by atoms with Crippen LogP contribution in [0.4, 0.5) is 0 Å². The van der Waals surface area contributed by atoms with E-state index < -0.39 is 0 Å². The molecule has 3 heteroatoms. The maximum absolute atomic E-state index is 2.77. The summed E-state index contributed by atoms with van der Waals surface area (Å²) in [6.45, 7) is 16.3. The summed E-state index contributed by atoms with van der Waals surface area (Å²) in [6, 6.07) is 1.67. The lowest BCUT2D eigenvalue weighted by atomic mass is 9.71. The molecule has 18 heavy (non-hydrogen) atoms. The van der Waals surface area contributed by atoms with E-state index in [1.54, 1.807) is 0 Å². The van der Waals surface area contributed by atoms with E-state index in [-0.39, 0.29) is 0 Å². The van der Waals surface area contributed by atoms with Gasteiger partial charge in [-0.3, -0.25) is 4.90 Å². The van der Waals surface area contributed by atoms with Crippen LogP contribution in [0.2, 0.25) is 0 Å². The zero-order chi connectivity index (χ0) is 12.8. The van der Waals surface area contributed by atoms with E-state index in [9.17, 15) is 0 Å². The molecule has 2 atom stereocenters. The minimum Gasteiger partial charge on any atom is -0.302 e. The molecular formula is C15H29N3. The van der Waals surface area contributed by atoms with E-state index in [1.165, 1.54) is 58.7 Å². The van der Waals surface area contributed by atoms with Gasteiger partial charge in [0.1, 0.15) is 0 Å². The Bertz CT molecular complexity index is 290. The fourth-order valence-corrected chi connectivity index (χ4v) is 4.40. The highest BCUT2D eigenvalue weighted by Gasteiger charge is 2.52. The van der Waals surface area contributed by atoms with Gasteiger partial charge in [-0.2, -0.15) is 0 Å². The van der Waals surface area contributed by atoms with Gasteiger partial charge in [0.05, 0.1) is 0 Å². The number of hydrogen-bond acceptors (Lipinski definition) is 3. The van der Waals surface area contributed by atoms with E-state index >= 15 is 0 Å². The molecule has 3 fully saturated rings. The minimum atomic E-state index is 0.709. The van der Waals surface area contributed by atoms with Crippen LogP contribution in [0.25, 0.3) is 0 Å². The molecule has 1 spiro atoms. The van der Waals surface area contributed by atoms with Crippen molar-refractivity contribution in [2.24, 2.45) is 5.41 Å². The second-order valence-electron chi connectivity index (χ2n) is 6.86. The Morgan fingerprint density at radius 1 is 1.06 bits per heavy atom. The number of hydrogen-bond donors (Lipinski definition) is 0. The average molecular weight is 251 g/mol. The summed E-state index contributed by atoms with van der Waals surface area (Å²) in [5.41, 5.74) is 0.709. The molecule has 3 rings (SSSR count). The van der Waals surface area contributed by atoms with Crippen molar-refractivity contribution in [1.29, 1.82) is 0 Å². The largest absolute Gasteiger partial charge is 0.302 e. The van der Waals surface area contributed by atoms with Crippen LogP contribution in [-0.4, -0.2) is 72.6 Å². The lowest BCUT2D eigenvalue weighted by molar-refractivity contribution is -0.136. The first-order valence-electron chi connectivity index (χ1n) is 7.86. The number of piperidine rings is 1. The van der Waals surface area contributed by atoms with Crippen LogP contribution in [-0.2, 0) is 0 Å². The van der Waals surface area contributed by atoms with Gasteiger partial charge in [0.15, 0.2) is 0 Å². The third-order valence-corrected chi connectivity index (χ3v) is 5.55. The first kappa shape index (κ1) is 12.9. The van der Waals surface area contributed by atoms with Crippen LogP contribution in [0, 0.1) is 5.41 Å². The van der Waals surface area contributed by atoms with Crippen LogP contribution in [0.15, 0.2) is 0 Å². The van der Waals surface area contributed by atoms with Crippen molar-refractivity contribution in [1.82, 2.24) is 14.7 Å². The molecule has 0 aromatic carbocycles. The molecule has 0 aromatic heterocycles. The fraction of sp³-hybridized carbons (Fsp3) is 1.00. The highest BCUT2D eigenvalue weighted by molar-refractivity contribution is 5.07. The first-order chi connectivity index (χ1) is 8.65. The third-order valence-electron chi connectivity index (χ3n) is 5.55. The van der Waals surface area contributed by atoms with Gasteiger partial charge in [-0.05, 0) is 39.4 Å². The Hall–Kier alpha value is -0.120. The molecule has 104 valence electrons. The lowest BCUT2D eigenvalue weighted by Crippen LogP contribution is -2.73. The normalized spacial score (nSPS) is 37.5. The standard InChI is InChI=1S/C15H29N3/c1-4-16-9-15(10-16)11-18(12-15)14-6-7-17(5-2)13(3)8-14/h13-14H,4-12H2,1-3H3. The number of nitrogens with zero attached hydrogens (tertiary/aromatic N) is 3. The Morgan fingerprint density at radius 3 is 2.33 bits per heavy atom. The molecule has 0 N–H and O–H groups in total. The molecule has 3 aliphatic heterocycles. The summed E-state index contributed by atoms with van der Waals surface area (Å²) in [6.07, 6.45) is 2.78. The van der Waals surface area contributed by atoms with Gasteiger partial charge in [0.2, 0.25) is 0 Å². The van der Waals surface area contributed by atoms with E-state index in [0.29, 0.717) is 5.41 Å². The third kappa shape index (κ3) is 2.10. The van der Waals surface area contributed by atoms with Gasteiger partial charge in [-0.15, -0.1) is 0 Å². The van der Waals surface area contributed by atoms with Crippen molar-refractivity contribution in [3.8, 4) is 0 Å². The van der Waals surface area contributed by atoms with Gasteiger partial charge in [-0.1, -0.05) is 13.8 Å². The van der Waals surface area contributed by atoms with E-state index in [1.807, 2.05) is 0 Å². The average Bonchev–Trinajstić information content (AvgIpc) is 2.26. The molecule has 3 nitrogen and oxygen atoms in total. The van der Waals surface area contributed by atoms with Crippen molar-refractivity contribution in [2.75, 3.05) is 45.8 Å². The monoisotopic (exact) mass is 251 g/mol. The summed E-state index contributed by atoms with van der Waals surface area (Å²) in [7, 11) is 0. The molecule has 0 bridgehead atoms. The molecule has 0 aromatic rings. The predicted octanol–water partition coefficient (Wildman–Crippen LogP) is 1.50. The number of likely N-dealkylation sites (tertiary alicyclic amines) is 3. The molecule has 3 aliphatic rings. The topological polar surface area (TPSA) is 9.72 Å². The molecule has 0 aliphatic carbocycles. The number of rotatable bonds is 3. The highest BCUT2D eigenvalue weighted by atomic mass is 15.3. The zero-order valence-electron chi connectivity index (χ0n) is 12.4. The van der Waals surface area contributed by atoms with E-state index in [4.69, 9.17) is 0 Å². The minimum absolute atomic E-state index is 0.709. The Labute approximate surface area is 112 Å². The van der Waals surface area contributed by atoms with Crippen LogP contribution < -0.4 is 0 Å². The lowest BCUT2D eigenvalue weighted by Gasteiger charge is -2.63. The second kappa shape index (κ2) is 4.77. The van der Waals surface area contributed by atoms with Gasteiger partial charge in [-0.25, -0.2) is 0 Å². The van der Waals surface area contributed by atoms with Crippen LogP contribution >= 0.6 is 0 Å². The van der Waals surface area contributed by atoms with Crippen molar-refractivity contribution >= 4 is 0 Å². The van der Waals surface area contributed by atoms with Crippen LogP contribution in [0.1, 0.15) is 33.6 Å². The van der Waals surface area contributed by atoms with Gasteiger partial charge in [0.25, 0.3) is 0 Å². The molecule has 3 heterocycles. The maximum Gasteiger partial charge on any atom is 0.0212 e. The molecule has 0 amide bonds. The summed E-state index contributed by atoms with van der Waals surface area (Å²) in [4.78, 5) is 7.99. The van der Waals surface area contributed by atoms with Gasteiger partial charge in [0, 0.05) is 43.7 Å². The highest BCUT2D eigenvalue weighted by Crippen LogP contribution is 2.42. The predicted molar refractivity (Wildman–Crippen MR) is 75.9 cm³/mol. The summed E-state index contributed by atoms with van der Waals surface area (Å²) in [5.74, 6) is 0. The van der Waals surface area contributed by atoms with Crippen molar-refractivity contribution in [3.63, 3.8) is 0 Å². The van der Waals surface area contributed by atoms with Crippen molar-refractivity contribution in [2.45, 2.75) is 45.7 Å². The Morgan fingerprint density at radius 2 is 1.78 bits per heavy atom. The molecule has 0 radical (unpaired) electrons. The first-order valence-corrected chi connectivity index (χ1v) is 7.86. The van der Waals surface area contributed by atoms with Crippen molar-refractivity contribution in [3.05, 3.63) is 0 Å². The maximum atomic E-state index is 2.77. The molecule has 0 saturated carbocycles. The molecule has 3 saturated heterocycles.